The van der Waals surface area contributed by atoms with Crippen molar-refractivity contribution in [3.63, 3.8) is 0 Å². The highest BCUT2D eigenvalue weighted by Gasteiger charge is 2.47. The summed E-state index contributed by atoms with van der Waals surface area (Å²) in [4.78, 5) is 44.7. The summed E-state index contributed by atoms with van der Waals surface area (Å²) >= 11 is 0. The lowest BCUT2D eigenvalue weighted by Crippen LogP contribution is -2.46. The molecule has 0 bridgehead atoms. The Morgan fingerprint density at radius 2 is 1.00 bits per heavy atom. The van der Waals surface area contributed by atoms with Gasteiger partial charge < -0.3 is 55.3 Å². The Kier molecular flexibility index (Phi) is 17.3. The fraction of sp³-hybridized carbons (Fsp3) is 0.284. The Morgan fingerprint density at radius 3 is 1.51 bits per heavy atom. The Hall–Kier alpha value is -10.1. The molecule has 7 N–H and O–H groups in total. The third kappa shape index (κ3) is 12.4. The fourth-order valence-corrected chi connectivity index (χ4v) is 13.3. The van der Waals surface area contributed by atoms with Gasteiger partial charge in [-0.05, 0) is 164 Å². The smallest absolute Gasteiger partial charge is 0.289 e. The number of nitrogen functional groups attached to an aromatic ring is 1. The number of amidine groups is 1. The molecule has 16 nitrogen and oxygen atoms in total. The Labute approximate surface area is 524 Å². The van der Waals surface area contributed by atoms with E-state index in [0.29, 0.717) is 87.3 Å². The van der Waals surface area contributed by atoms with Crippen LogP contribution in [0.2, 0.25) is 0 Å². The van der Waals surface area contributed by atoms with Crippen LogP contribution in [0.15, 0.2) is 174 Å². The van der Waals surface area contributed by atoms with Crippen LogP contribution < -0.4 is 36.1 Å². The average molecular weight is 1200 g/mol. The summed E-state index contributed by atoms with van der Waals surface area (Å²) in [6.45, 7) is 7.02. The number of fused-ring (bicyclic) bond motifs is 6. The Bertz CT molecular complexity index is 4100. The van der Waals surface area contributed by atoms with Crippen molar-refractivity contribution in [2.75, 3.05) is 66.2 Å². The van der Waals surface area contributed by atoms with Gasteiger partial charge in [0.15, 0.2) is 11.5 Å². The minimum atomic E-state index is -0.146. The van der Waals surface area contributed by atoms with Crippen LogP contribution in [0, 0.1) is 28.6 Å². The number of hydrogen-bond donors (Lipinski definition) is 4. The molecular weight excluding hydrogens is 1130 g/mol. The maximum atomic E-state index is 13.3. The number of amides is 3. The van der Waals surface area contributed by atoms with Crippen LogP contribution in [-0.4, -0.2) is 104 Å². The van der Waals surface area contributed by atoms with Gasteiger partial charge in [-0.3, -0.25) is 19.8 Å². The molecule has 0 aliphatic carbocycles. The minimum Gasteiger partial charge on any atom is -0.497 e. The molecular formula is C74H72N8O8. The lowest BCUT2D eigenvalue weighted by Gasteiger charge is -2.38. The van der Waals surface area contributed by atoms with Crippen molar-refractivity contribution in [1.29, 1.82) is 10.7 Å². The summed E-state index contributed by atoms with van der Waals surface area (Å²) in [7, 11) is 1.66. The fourth-order valence-electron chi connectivity index (χ4n) is 13.3. The summed E-state index contributed by atoms with van der Waals surface area (Å²) < 4.78 is 28.8. The minimum absolute atomic E-state index is 0.00759. The number of nitrogens with zero attached hydrogens (tertiary/aromatic N) is 4. The van der Waals surface area contributed by atoms with Crippen molar-refractivity contribution < 1.29 is 37.7 Å². The van der Waals surface area contributed by atoms with E-state index in [-0.39, 0.29) is 39.8 Å². The molecule has 3 spiro atoms. The molecule has 6 aliphatic heterocycles. The predicted octanol–water partition coefficient (Wildman–Crippen LogP) is 10.5. The first-order chi connectivity index (χ1) is 43.8. The number of nitriles is 1. The van der Waals surface area contributed by atoms with E-state index in [1.807, 2.05) is 136 Å². The molecule has 7 heterocycles. The number of nitrogens with one attached hydrogen (secondary N) is 1. The number of piperidine rings is 3. The van der Waals surface area contributed by atoms with E-state index >= 15 is 0 Å². The molecule has 6 aliphatic rings. The zero-order valence-corrected chi connectivity index (χ0v) is 50.5. The summed E-state index contributed by atoms with van der Waals surface area (Å²) in [6.07, 6.45) is 5.12. The van der Waals surface area contributed by atoms with Crippen LogP contribution in [0.3, 0.4) is 0 Å². The summed E-state index contributed by atoms with van der Waals surface area (Å²) in [5.41, 5.74) is 28.5. The summed E-state index contributed by atoms with van der Waals surface area (Å²) in [5, 5.41) is 16.8. The van der Waals surface area contributed by atoms with Gasteiger partial charge in [-0.25, -0.2) is 0 Å². The second-order valence-corrected chi connectivity index (χ2v) is 24.1. The number of ether oxygens (including phenoxy) is 4. The van der Waals surface area contributed by atoms with Gasteiger partial charge in [-0.1, -0.05) is 78.7 Å². The molecule has 14 rings (SSSR count). The van der Waals surface area contributed by atoms with Crippen LogP contribution in [0.5, 0.6) is 23.0 Å². The van der Waals surface area contributed by atoms with Crippen LogP contribution in [0.4, 0.5) is 0 Å². The topological polar surface area (TPSA) is 237 Å². The van der Waals surface area contributed by atoms with Crippen molar-refractivity contribution in [3.8, 4) is 52.0 Å². The third-order valence-corrected chi connectivity index (χ3v) is 18.8. The average Bonchev–Trinajstić information content (AvgIpc) is 1.62. The van der Waals surface area contributed by atoms with Gasteiger partial charge in [0.2, 0.25) is 0 Å². The second kappa shape index (κ2) is 25.9. The van der Waals surface area contributed by atoms with Crippen LogP contribution in [0.1, 0.15) is 120 Å². The van der Waals surface area contributed by atoms with E-state index in [9.17, 15) is 14.4 Å². The van der Waals surface area contributed by atoms with Crippen molar-refractivity contribution in [2.24, 2.45) is 17.2 Å². The van der Waals surface area contributed by atoms with Gasteiger partial charge in [0.1, 0.15) is 28.8 Å². The molecule has 3 fully saturated rings. The second-order valence-electron chi connectivity index (χ2n) is 24.1. The van der Waals surface area contributed by atoms with E-state index in [1.165, 1.54) is 11.1 Å². The normalized spacial score (nSPS) is 16.6. The maximum Gasteiger partial charge on any atom is 0.289 e. The van der Waals surface area contributed by atoms with Crippen LogP contribution in [-0.2, 0) is 29.3 Å². The zero-order valence-electron chi connectivity index (χ0n) is 50.5. The molecule has 0 unspecified atom stereocenters. The summed E-state index contributed by atoms with van der Waals surface area (Å²) in [5.74, 6) is 10.4. The Morgan fingerprint density at radius 1 is 0.511 bits per heavy atom. The molecule has 3 saturated heterocycles. The van der Waals surface area contributed by atoms with Gasteiger partial charge in [-0.2, -0.15) is 5.26 Å². The first-order valence-corrected chi connectivity index (χ1v) is 30.6. The van der Waals surface area contributed by atoms with Crippen molar-refractivity contribution >= 4 is 23.6 Å². The highest BCUT2D eigenvalue weighted by molar-refractivity contribution is 5.97. The predicted molar refractivity (Wildman–Crippen MR) is 344 cm³/mol. The molecule has 456 valence electrons. The largest absolute Gasteiger partial charge is 0.497 e. The first kappa shape index (κ1) is 60.2. The van der Waals surface area contributed by atoms with E-state index in [1.54, 1.807) is 43.5 Å². The SMILES string of the molecule is COc1ccc(-c2cccc(C(=O)N3CCC4(CC3)COc3ccc(CN)cc34)c2)cc1.N#Cc1cccc(C(=O)N2CCC3(CC2)COc2ccc(CN)cc23)c1.N=C(N)c1ccc2c(c1)C1(CCN(C(=O)c3ccc(C#Cc4ccccc4)o3)CC1)CO2. The van der Waals surface area contributed by atoms with Gasteiger partial charge in [0.25, 0.3) is 17.7 Å². The molecule has 8 aromatic rings. The standard InChI is InChI=1S/C27H28N2O3.C26H23N3O3.C21H21N3O2/c1-31-23-8-6-20(7-9-23)21-3-2-4-22(16-21)26(30)29-13-11-27(12-14-29)18-32-25-10-5-19(17-28)15-24(25)27;27-24(28)19-7-10-22-21(16-19)26(17-31-22)12-14-29(15-13-26)25(30)23-11-9-20(32-23)8-6-18-4-2-1-3-5-18;22-12-15-2-1-3-17(10-15)20(25)24-8-6-21(7-9-24)14-26-19-5-4-16(13-23)11-18(19)21/h2-10,15-16H,11-14,17-18,28H2,1H3;1-5,7,9-11,16H,12-15,17H2,(H3,27,28);1-5,10-11H,6-9,13-14,23H2. The summed E-state index contributed by atoms with van der Waals surface area (Å²) in [6, 6.07) is 56.0. The number of methoxy groups -OCH3 is 1. The van der Waals surface area contributed by atoms with Crippen molar-refractivity contribution in [1.82, 2.24) is 14.7 Å². The first-order valence-electron chi connectivity index (χ1n) is 30.6. The lowest BCUT2D eigenvalue weighted by molar-refractivity contribution is 0.0613. The number of nitrogens with two attached hydrogens (primary N) is 3. The quantitative estimate of drug-likeness (QED) is 0.0632. The van der Waals surface area contributed by atoms with Gasteiger partial charge in [0, 0.05) is 108 Å². The van der Waals surface area contributed by atoms with Gasteiger partial charge >= 0.3 is 0 Å². The van der Waals surface area contributed by atoms with Crippen molar-refractivity contribution in [2.45, 2.75) is 67.9 Å². The number of likely N-dealkylation sites (tertiary alicyclic amines) is 3. The molecule has 16 heteroatoms. The number of carbonyl (C=O) groups is 3. The van der Waals surface area contributed by atoms with Crippen LogP contribution in [0.25, 0.3) is 11.1 Å². The number of furan rings is 1. The third-order valence-electron chi connectivity index (χ3n) is 18.8. The number of rotatable bonds is 8. The van der Waals surface area contributed by atoms with E-state index in [2.05, 4.69) is 30.0 Å². The number of benzene rings is 7. The van der Waals surface area contributed by atoms with E-state index < -0.39 is 0 Å². The molecule has 90 heavy (non-hydrogen) atoms. The monoisotopic (exact) mass is 1200 g/mol. The van der Waals surface area contributed by atoms with E-state index in [0.717, 1.165) is 114 Å². The van der Waals surface area contributed by atoms with Gasteiger partial charge in [0.05, 0.1) is 38.6 Å². The highest BCUT2D eigenvalue weighted by atomic mass is 16.5. The Balaban J connectivity index is 0.000000132. The van der Waals surface area contributed by atoms with E-state index in [4.69, 9.17) is 51.2 Å². The number of carbonyl (C=O) groups excluding carboxylic acids is 3. The lowest BCUT2D eigenvalue weighted by atomic mass is 9.74. The molecule has 7 aromatic carbocycles. The molecule has 1 aromatic heterocycles. The molecule has 0 saturated carbocycles. The van der Waals surface area contributed by atoms with Crippen LogP contribution >= 0.6 is 0 Å². The van der Waals surface area contributed by atoms with Gasteiger partial charge in [-0.15, -0.1) is 0 Å². The molecule has 0 atom stereocenters. The number of hydrogen-bond acceptors (Lipinski definition) is 12. The molecule has 3 amide bonds. The van der Waals surface area contributed by atoms with Crippen molar-refractivity contribution in [3.05, 3.63) is 237 Å². The maximum absolute atomic E-state index is 13.3. The molecule has 0 radical (unpaired) electrons. The highest BCUT2D eigenvalue weighted by Crippen LogP contribution is 2.49. The zero-order chi connectivity index (χ0) is 62.4.